The van der Waals surface area contributed by atoms with Gasteiger partial charge in [0.1, 0.15) is 12.4 Å². The average molecular weight is 325 g/mol. The Balaban J connectivity index is 1.51. The van der Waals surface area contributed by atoms with E-state index in [1.54, 1.807) is 0 Å². The molecule has 1 aliphatic heterocycles. The zero-order chi connectivity index (χ0) is 16.8. The summed E-state index contributed by atoms with van der Waals surface area (Å²) in [5, 5.41) is 3.00. The third-order valence-electron chi connectivity index (χ3n) is 4.62. The zero-order valence-corrected chi connectivity index (χ0v) is 14.1. The topological polar surface area (TPSA) is 42.8 Å². The number of quaternary nitrogens is 1. The van der Waals surface area contributed by atoms with Crippen molar-refractivity contribution in [2.45, 2.75) is 32.4 Å². The molecule has 0 spiro atoms. The van der Waals surface area contributed by atoms with E-state index in [-0.39, 0.29) is 11.9 Å². The number of ether oxygens (including phenoxy) is 1. The fourth-order valence-corrected chi connectivity index (χ4v) is 3.07. The van der Waals surface area contributed by atoms with Crippen LogP contribution in [0.15, 0.2) is 54.6 Å². The summed E-state index contributed by atoms with van der Waals surface area (Å²) < 4.78 is 5.76. The maximum absolute atomic E-state index is 12.3. The van der Waals surface area contributed by atoms with Gasteiger partial charge in [-0.2, -0.15) is 0 Å². The first-order valence-electron chi connectivity index (χ1n) is 8.64. The number of hydrogen-bond acceptors (Lipinski definition) is 2. The molecule has 0 bridgehead atoms. The molecule has 1 aliphatic rings. The second-order valence-electron chi connectivity index (χ2n) is 6.37. The van der Waals surface area contributed by atoms with Crippen molar-refractivity contribution in [3.8, 4) is 5.75 Å². The van der Waals surface area contributed by atoms with Gasteiger partial charge in [-0.15, -0.1) is 0 Å². The van der Waals surface area contributed by atoms with Crippen molar-refractivity contribution in [3.63, 3.8) is 0 Å². The molecule has 0 unspecified atom stereocenters. The summed E-state index contributed by atoms with van der Waals surface area (Å²) in [6, 6.07) is 17.6. The highest BCUT2D eigenvalue weighted by molar-refractivity contribution is 5.93. The van der Waals surface area contributed by atoms with E-state index >= 15 is 0 Å². The first kappa shape index (κ1) is 16.5. The van der Waals surface area contributed by atoms with Gasteiger partial charge >= 0.3 is 0 Å². The lowest BCUT2D eigenvalue weighted by molar-refractivity contribution is -0.901. The zero-order valence-electron chi connectivity index (χ0n) is 14.1. The summed E-state index contributed by atoms with van der Waals surface area (Å²) in [7, 11) is 0. The first-order chi connectivity index (χ1) is 11.7. The number of amides is 1. The Kier molecular flexibility index (Phi) is 5.49. The smallest absolute Gasteiger partial charge is 0.282 e. The maximum atomic E-state index is 12.3. The average Bonchev–Trinajstić information content (AvgIpc) is 3.16. The number of benzene rings is 2. The molecular weight excluding hydrogens is 300 g/mol. The molecule has 1 saturated heterocycles. The minimum atomic E-state index is 0.00140. The molecule has 126 valence electrons. The second kappa shape index (κ2) is 7.97. The first-order valence-corrected chi connectivity index (χ1v) is 8.64. The summed E-state index contributed by atoms with van der Waals surface area (Å²) in [6.45, 7) is 4.75. The van der Waals surface area contributed by atoms with Crippen LogP contribution in [0.1, 0.15) is 25.3 Å². The van der Waals surface area contributed by atoms with E-state index in [4.69, 9.17) is 4.74 Å². The molecule has 0 aromatic heterocycles. The van der Waals surface area contributed by atoms with Crippen LogP contribution in [0, 0.1) is 0 Å². The summed E-state index contributed by atoms with van der Waals surface area (Å²) >= 11 is 0. The number of carbonyl (C=O) groups excluding carboxylic acids is 1. The monoisotopic (exact) mass is 325 g/mol. The highest BCUT2D eigenvalue weighted by Crippen LogP contribution is 2.17. The number of carbonyl (C=O) groups is 1. The van der Waals surface area contributed by atoms with Crippen LogP contribution in [0.5, 0.6) is 5.75 Å². The molecule has 24 heavy (non-hydrogen) atoms. The van der Waals surface area contributed by atoms with Crippen molar-refractivity contribution in [1.82, 2.24) is 0 Å². The van der Waals surface area contributed by atoms with Crippen molar-refractivity contribution in [1.29, 1.82) is 0 Å². The van der Waals surface area contributed by atoms with Crippen LogP contribution >= 0.6 is 0 Å². The van der Waals surface area contributed by atoms with Crippen LogP contribution in [0.4, 0.5) is 5.69 Å². The van der Waals surface area contributed by atoms with Gasteiger partial charge in [0, 0.05) is 18.5 Å². The van der Waals surface area contributed by atoms with E-state index < -0.39 is 0 Å². The van der Waals surface area contributed by atoms with E-state index in [2.05, 4.69) is 5.32 Å². The number of rotatable bonds is 6. The maximum Gasteiger partial charge on any atom is 0.282 e. The highest BCUT2D eigenvalue weighted by atomic mass is 16.5. The predicted molar refractivity (Wildman–Crippen MR) is 95.2 cm³/mol. The fourth-order valence-electron chi connectivity index (χ4n) is 3.07. The van der Waals surface area contributed by atoms with Gasteiger partial charge in [0.05, 0.1) is 13.1 Å². The molecular formula is C20H25N2O2+. The summed E-state index contributed by atoms with van der Waals surface area (Å²) in [4.78, 5) is 13.7. The molecule has 1 amide bonds. The Morgan fingerprint density at radius 1 is 1.08 bits per heavy atom. The van der Waals surface area contributed by atoms with Gasteiger partial charge in [-0.05, 0) is 36.8 Å². The standard InChI is InChI=1S/C20H24N2O2/c1-16(22-13-5-6-14-22)20(23)21-18-9-11-19(12-10-18)24-15-17-7-3-2-4-8-17/h2-4,7-12,16H,5-6,13-15H2,1H3,(H,21,23)/p+1/t16-/m1/s1. The Morgan fingerprint density at radius 2 is 1.75 bits per heavy atom. The van der Waals surface area contributed by atoms with Gasteiger partial charge in [-0.1, -0.05) is 30.3 Å². The Morgan fingerprint density at radius 3 is 2.42 bits per heavy atom. The van der Waals surface area contributed by atoms with Crippen molar-refractivity contribution >= 4 is 11.6 Å². The third-order valence-corrected chi connectivity index (χ3v) is 4.62. The molecule has 1 heterocycles. The predicted octanol–water partition coefficient (Wildman–Crippen LogP) is 2.27. The fraction of sp³-hybridized carbons (Fsp3) is 0.350. The van der Waals surface area contributed by atoms with Gasteiger partial charge in [0.2, 0.25) is 0 Å². The Bertz CT molecular complexity index is 649. The van der Waals surface area contributed by atoms with Crippen molar-refractivity contribution < 1.29 is 14.4 Å². The summed E-state index contributed by atoms with van der Waals surface area (Å²) in [5.74, 6) is 0.889. The van der Waals surface area contributed by atoms with Gasteiger partial charge < -0.3 is 15.0 Å². The van der Waals surface area contributed by atoms with E-state index in [1.807, 2.05) is 61.5 Å². The van der Waals surface area contributed by atoms with E-state index in [0.29, 0.717) is 6.61 Å². The molecule has 2 aromatic rings. The number of likely N-dealkylation sites (tertiary alicyclic amines) is 1. The molecule has 1 atom stereocenters. The van der Waals surface area contributed by atoms with Crippen LogP contribution in [-0.4, -0.2) is 25.0 Å². The lowest BCUT2D eigenvalue weighted by Gasteiger charge is -2.20. The molecule has 0 radical (unpaired) electrons. The van der Waals surface area contributed by atoms with Crippen molar-refractivity contribution in [2.75, 3.05) is 18.4 Å². The molecule has 4 heteroatoms. The number of hydrogen-bond donors (Lipinski definition) is 2. The molecule has 2 aromatic carbocycles. The minimum absolute atomic E-state index is 0.00140. The van der Waals surface area contributed by atoms with Crippen molar-refractivity contribution in [3.05, 3.63) is 60.2 Å². The minimum Gasteiger partial charge on any atom is -0.489 e. The highest BCUT2D eigenvalue weighted by Gasteiger charge is 2.27. The van der Waals surface area contributed by atoms with Crippen LogP contribution in [0.25, 0.3) is 0 Å². The molecule has 0 saturated carbocycles. The lowest BCUT2D eigenvalue weighted by Crippen LogP contribution is -3.14. The van der Waals surface area contributed by atoms with Crippen LogP contribution in [0.3, 0.4) is 0 Å². The third kappa shape index (κ3) is 4.36. The van der Waals surface area contributed by atoms with Gasteiger partial charge in [0.15, 0.2) is 6.04 Å². The van der Waals surface area contributed by atoms with E-state index in [1.165, 1.54) is 17.7 Å². The van der Waals surface area contributed by atoms with Crippen molar-refractivity contribution in [2.24, 2.45) is 0 Å². The lowest BCUT2D eigenvalue weighted by atomic mass is 10.2. The molecule has 4 nitrogen and oxygen atoms in total. The van der Waals surface area contributed by atoms with E-state index in [0.717, 1.165) is 30.1 Å². The van der Waals surface area contributed by atoms with Crippen LogP contribution in [0.2, 0.25) is 0 Å². The second-order valence-corrected chi connectivity index (χ2v) is 6.37. The summed E-state index contributed by atoms with van der Waals surface area (Å²) in [6.07, 6.45) is 2.45. The van der Waals surface area contributed by atoms with Gasteiger partial charge in [0.25, 0.3) is 5.91 Å². The number of nitrogens with one attached hydrogen (secondary N) is 2. The number of anilines is 1. The largest absolute Gasteiger partial charge is 0.489 e. The Labute approximate surface area is 143 Å². The van der Waals surface area contributed by atoms with Crippen LogP contribution < -0.4 is 15.0 Å². The Hall–Kier alpha value is -2.33. The molecule has 0 aliphatic carbocycles. The van der Waals surface area contributed by atoms with E-state index in [9.17, 15) is 4.79 Å². The molecule has 1 fully saturated rings. The normalized spacial score (nSPS) is 15.9. The molecule has 3 rings (SSSR count). The quantitative estimate of drug-likeness (QED) is 0.856. The van der Waals surface area contributed by atoms with Crippen LogP contribution in [-0.2, 0) is 11.4 Å². The molecule has 2 N–H and O–H groups in total. The SMILES string of the molecule is C[C@H](C(=O)Nc1ccc(OCc2ccccc2)cc1)[NH+]1CCCC1. The summed E-state index contributed by atoms with van der Waals surface area (Å²) in [5.41, 5.74) is 1.95. The van der Waals surface area contributed by atoms with Gasteiger partial charge in [-0.3, -0.25) is 4.79 Å². The van der Waals surface area contributed by atoms with Gasteiger partial charge in [-0.25, -0.2) is 0 Å².